The molecule has 0 amide bonds. The first-order valence-electron chi connectivity index (χ1n) is 23.4. The summed E-state index contributed by atoms with van der Waals surface area (Å²) in [5.74, 6) is 2.06. The second-order valence-corrected chi connectivity index (χ2v) is 22.9. The molecular weight excluding hydrogens is 1000 g/mol. The number of nitrogens with zero attached hydrogens (tertiary/aromatic N) is 4. The van der Waals surface area contributed by atoms with Crippen LogP contribution in [-0.2, 0) is 48.1 Å². The molecule has 0 fully saturated rings. The fraction of sp³-hybridized carbons (Fsp3) is 0.311. The molecule has 0 unspecified atom stereocenters. The van der Waals surface area contributed by atoms with Crippen molar-refractivity contribution in [2.75, 3.05) is 9.80 Å². The van der Waals surface area contributed by atoms with E-state index in [-0.39, 0.29) is 48.1 Å². The Labute approximate surface area is 414 Å². The molecule has 1 aliphatic heterocycles. The first kappa shape index (κ1) is 47.8. The normalized spacial score (nSPS) is 13.6. The van der Waals surface area contributed by atoms with Crippen LogP contribution >= 0.6 is 0 Å². The second-order valence-electron chi connectivity index (χ2n) is 22.9. The van der Waals surface area contributed by atoms with Gasteiger partial charge in [0, 0.05) is 66.8 Å². The summed E-state index contributed by atoms with van der Waals surface area (Å²) in [5, 5.41) is 2.23. The van der Waals surface area contributed by atoms with Crippen molar-refractivity contribution in [1.29, 1.82) is 0 Å². The number of fused-ring (bicyclic) bond motifs is 4. The maximum absolute atomic E-state index is 6.76. The monoisotopic (exact) mass is 1060 g/mol. The van der Waals surface area contributed by atoms with E-state index in [0.717, 1.165) is 50.4 Å². The standard InChI is InChI=1S/C61H65N4O.Pt/c1-57(2,3)41-24-28-52-55(34-41)64(47-32-44(59(7,8)9)31-45(33-47)60(10,11)12)39-63(52)46-21-18-22-48(37-46)66-49-25-27-51-50-26-23-43(61(13,14)40-19-16-15-17-20-40)35-53(50)65(54(51)38-49)56-36-42(29-30-62-56)58(4,5)6;/h15-36,39H,1-14H3;/q-3;. The summed E-state index contributed by atoms with van der Waals surface area (Å²) < 4.78 is 9.02. The minimum atomic E-state index is -0.221. The third-order valence-corrected chi connectivity index (χ3v) is 13.5. The van der Waals surface area contributed by atoms with Crippen LogP contribution in [0.2, 0.25) is 0 Å². The summed E-state index contributed by atoms with van der Waals surface area (Å²) in [5.41, 5.74) is 13.5. The van der Waals surface area contributed by atoms with E-state index >= 15 is 0 Å². The molecule has 1 aliphatic rings. The zero-order chi connectivity index (χ0) is 47.1. The van der Waals surface area contributed by atoms with Crippen LogP contribution in [0.3, 0.4) is 0 Å². The van der Waals surface area contributed by atoms with E-state index < -0.39 is 0 Å². The van der Waals surface area contributed by atoms with Crippen LogP contribution in [0.15, 0.2) is 134 Å². The summed E-state index contributed by atoms with van der Waals surface area (Å²) in [7, 11) is 0. The summed E-state index contributed by atoms with van der Waals surface area (Å²) in [6.07, 6.45) is 1.93. The Bertz CT molecular complexity index is 3080. The third kappa shape index (κ3) is 9.21. The van der Waals surface area contributed by atoms with Crippen molar-refractivity contribution in [3.05, 3.63) is 186 Å². The predicted molar refractivity (Wildman–Crippen MR) is 278 cm³/mol. The molecule has 67 heavy (non-hydrogen) atoms. The third-order valence-electron chi connectivity index (χ3n) is 13.5. The number of aromatic nitrogens is 2. The van der Waals surface area contributed by atoms with Gasteiger partial charge in [0.25, 0.3) is 0 Å². The van der Waals surface area contributed by atoms with Crippen LogP contribution in [0.4, 0.5) is 22.7 Å². The molecule has 0 saturated heterocycles. The Balaban J connectivity index is 0.00000608. The maximum Gasteiger partial charge on any atom is 0.135 e. The van der Waals surface area contributed by atoms with E-state index in [4.69, 9.17) is 9.72 Å². The Hall–Kier alpha value is -5.64. The number of benzene rings is 6. The van der Waals surface area contributed by atoms with Crippen molar-refractivity contribution in [3.8, 4) is 17.3 Å². The molecule has 6 heteroatoms. The van der Waals surface area contributed by atoms with Crippen LogP contribution < -0.4 is 14.5 Å². The molecule has 3 heterocycles. The predicted octanol–water partition coefficient (Wildman–Crippen LogP) is 16.5. The van der Waals surface area contributed by atoms with Gasteiger partial charge in [-0.2, -0.15) is 12.1 Å². The summed E-state index contributed by atoms with van der Waals surface area (Å²) in [4.78, 5) is 9.59. The van der Waals surface area contributed by atoms with Gasteiger partial charge >= 0.3 is 0 Å². The SMILES string of the molecule is CC(C)(C)c1cc(N2[CH-]N(c3[c-]c(Oc4[c-]c5c(cc4)c4ccc(C(C)(C)c6ccccc6)cc4n5-c4cc(C(C)(C)C)ccn4)ccc3)c3ccc(C(C)(C)C)cc32)cc(C(C)(C)C)c1.[Pt]. The Morgan fingerprint density at radius 1 is 0.478 bits per heavy atom. The molecule has 0 spiro atoms. The van der Waals surface area contributed by atoms with Gasteiger partial charge in [0.15, 0.2) is 0 Å². The molecule has 348 valence electrons. The van der Waals surface area contributed by atoms with Gasteiger partial charge in [0.1, 0.15) is 5.82 Å². The van der Waals surface area contributed by atoms with Gasteiger partial charge in [0.2, 0.25) is 0 Å². The van der Waals surface area contributed by atoms with Crippen molar-refractivity contribution in [1.82, 2.24) is 9.55 Å². The Kier molecular flexibility index (Phi) is 12.2. The molecule has 9 rings (SSSR count). The van der Waals surface area contributed by atoms with Crippen molar-refractivity contribution >= 4 is 44.6 Å². The van der Waals surface area contributed by atoms with Crippen LogP contribution in [-0.4, -0.2) is 9.55 Å². The summed E-state index contributed by atoms with van der Waals surface area (Å²) >= 11 is 0. The molecule has 0 radical (unpaired) electrons. The number of pyridine rings is 1. The van der Waals surface area contributed by atoms with Crippen molar-refractivity contribution < 1.29 is 25.8 Å². The molecule has 6 aromatic carbocycles. The van der Waals surface area contributed by atoms with Crippen LogP contribution in [0, 0.1) is 18.8 Å². The van der Waals surface area contributed by atoms with Crippen molar-refractivity contribution in [2.24, 2.45) is 0 Å². The fourth-order valence-corrected chi connectivity index (χ4v) is 9.03. The molecule has 0 bridgehead atoms. The smallest absolute Gasteiger partial charge is 0.135 e. The number of anilines is 4. The zero-order valence-corrected chi connectivity index (χ0v) is 44.1. The van der Waals surface area contributed by atoms with E-state index in [1.54, 1.807) is 0 Å². The molecule has 0 atom stereocenters. The number of hydrogen-bond acceptors (Lipinski definition) is 4. The van der Waals surface area contributed by atoms with E-state index in [9.17, 15) is 0 Å². The largest absolute Gasteiger partial charge is 0.509 e. The average Bonchev–Trinajstić information content (AvgIpc) is 3.81. The molecule has 0 aliphatic carbocycles. The van der Waals surface area contributed by atoms with Gasteiger partial charge in [-0.25, -0.2) is 4.98 Å². The first-order chi connectivity index (χ1) is 31.0. The fourth-order valence-electron chi connectivity index (χ4n) is 9.03. The van der Waals surface area contributed by atoms with E-state index in [1.807, 2.05) is 24.4 Å². The number of hydrogen-bond donors (Lipinski definition) is 0. The molecule has 5 nitrogen and oxygen atoms in total. The minimum Gasteiger partial charge on any atom is -0.509 e. The van der Waals surface area contributed by atoms with Gasteiger partial charge in [-0.15, -0.1) is 48.1 Å². The van der Waals surface area contributed by atoms with Gasteiger partial charge in [-0.1, -0.05) is 157 Å². The first-order valence-corrected chi connectivity index (χ1v) is 23.4. The molecular formula is C61H65N4OPt-3. The van der Waals surface area contributed by atoms with E-state index in [2.05, 4.69) is 239 Å². The Morgan fingerprint density at radius 3 is 1.75 bits per heavy atom. The van der Waals surface area contributed by atoms with Crippen LogP contribution in [0.25, 0.3) is 27.6 Å². The Morgan fingerprint density at radius 2 is 1.09 bits per heavy atom. The van der Waals surface area contributed by atoms with Crippen LogP contribution in [0.5, 0.6) is 11.5 Å². The maximum atomic E-state index is 6.76. The number of ether oxygens (including phenoxy) is 1. The van der Waals surface area contributed by atoms with Gasteiger partial charge in [0.05, 0.1) is 0 Å². The van der Waals surface area contributed by atoms with Gasteiger partial charge in [-0.3, -0.25) is 0 Å². The van der Waals surface area contributed by atoms with Crippen molar-refractivity contribution in [2.45, 2.75) is 124 Å². The minimum absolute atomic E-state index is 0. The summed E-state index contributed by atoms with van der Waals surface area (Å²) in [6.45, 7) is 34.1. The molecule has 0 N–H and O–H groups in total. The topological polar surface area (TPSA) is 33.5 Å². The summed E-state index contributed by atoms with van der Waals surface area (Å²) in [6, 6.07) is 53.6. The number of rotatable bonds is 7. The molecule has 0 saturated carbocycles. The zero-order valence-electron chi connectivity index (χ0n) is 41.8. The van der Waals surface area contributed by atoms with E-state index in [1.165, 1.54) is 33.4 Å². The van der Waals surface area contributed by atoms with Gasteiger partial charge < -0.3 is 19.1 Å². The van der Waals surface area contributed by atoms with E-state index in [0.29, 0.717) is 11.5 Å². The quantitative estimate of drug-likeness (QED) is 0.149. The second kappa shape index (κ2) is 17.1. The van der Waals surface area contributed by atoms with Crippen molar-refractivity contribution in [3.63, 3.8) is 0 Å². The van der Waals surface area contributed by atoms with Crippen LogP contribution in [0.1, 0.15) is 130 Å². The molecule has 8 aromatic rings. The average molecular weight is 1070 g/mol. The van der Waals surface area contributed by atoms with Gasteiger partial charge in [-0.05, 0) is 103 Å². The molecule has 2 aromatic heterocycles.